The molecule has 1 aromatic rings. The van der Waals surface area contributed by atoms with Crippen LogP contribution in [0.5, 0.6) is 5.88 Å². The van der Waals surface area contributed by atoms with Gasteiger partial charge in [-0.1, -0.05) is 58.9 Å². The predicted octanol–water partition coefficient (Wildman–Crippen LogP) is 12.0. The molecule has 7 nitrogen and oxygen atoms in total. The first-order valence-corrected chi connectivity index (χ1v) is 25.9. The summed E-state index contributed by atoms with van der Waals surface area (Å²) < 4.78 is 11.8. The largest absolute Gasteiger partial charge is 0.475 e. The summed E-state index contributed by atoms with van der Waals surface area (Å²) >= 11 is 1.98. The minimum Gasteiger partial charge on any atom is -0.475 e. The molecule has 10 atom stereocenters. The fraction of sp³-hybridized carbons (Fsp3) is 0.759. The van der Waals surface area contributed by atoms with Crippen LogP contribution in [-0.2, 0) is 9.53 Å². The van der Waals surface area contributed by atoms with Crippen LogP contribution >= 0.6 is 11.8 Å². The average Bonchev–Trinajstić information content (AvgIpc) is 3.64. The molecule has 0 amide bonds. The van der Waals surface area contributed by atoms with Crippen LogP contribution in [0.25, 0.3) is 0 Å². The number of fused-ring (bicyclic) bond motifs is 7. The van der Waals surface area contributed by atoms with Gasteiger partial charge in [0.2, 0.25) is 5.88 Å². The van der Waals surface area contributed by atoms with E-state index in [0.29, 0.717) is 59.9 Å². The number of nitrogens with one attached hydrogen (secondary N) is 1. The van der Waals surface area contributed by atoms with E-state index in [4.69, 9.17) is 9.47 Å². The first-order chi connectivity index (χ1) is 29.4. The average molecular weight is 866 g/mol. The lowest BCUT2D eigenvalue weighted by molar-refractivity contribution is -0.221. The monoisotopic (exact) mass is 866 g/mol. The Morgan fingerprint density at radius 2 is 1.74 bits per heavy atom. The molecule has 0 aromatic carbocycles. The lowest BCUT2D eigenvalue weighted by atomic mass is 9.33. The molecule has 340 valence electrons. The van der Waals surface area contributed by atoms with Gasteiger partial charge in [0.25, 0.3) is 0 Å². The minimum absolute atomic E-state index is 0.00876. The van der Waals surface area contributed by atoms with Gasteiger partial charge in [-0.3, -0.25) is 4.79 Å². The van der Waals surface area contributed by atoms with Gasteiger partial charge in [0.1, 0.15) is 23.7 Å². The predicted molar refractivity (Wildman–Crippen MR) is 252 cm³/mol. The number of rotatable bonds is 12. The highest BCUT2D eigenvalue weighted by Crippen LogP contribution is 2.76. The summed E-state index contributed by atoms with van der Waals surface area (Å²) in [7, 11) is 0. The highest BCUT2D eigenvalue weighted by molar-refractivity contribution is 7.99. The Hall–Kier alpha value is -2.60. The molecule has 8 rings (SSSR count). The minimum atomic E-state index is -0.817. The number of carbonyl (C=O) groups excluding carboxylic acids is 1. The summed E-state index contributed by atoms with van der Waals surface area (Å²) in [5.74, 6) is 3.16. The van der Waals surface area contributed by atoms with Crippen molar-refractivity contribution >= 4 is 17.7 Å². The van der Waals surface area contributed by atoms with Crippen LogP contribution in [0.1, 0.15) is 163 Å². The zero-order valence-corrected chi connectivity index (χ0v) is 40.5. The van der Waals surface area contributed by atoms with Crippen molar-refractivity contribution in [1.29, 1.82) is 5.26 Å². The zero-order chi connectivity index (χ0) is 44.3. The maximum absolute atomic E-state index is 13.6. The second kappa shape index (κ2) is 17.0. The van der Waals surface area contributed by atoms with E-state index in [1.165, 1.54) is 68.1 Å². The lowest BCUT2D eigenvalue weighted by Gasteiger charge is -2.72. The van der Waals surface area contributed by atoms with E-state index >= 15 is 0 Å². The molecule has 7 aliphatic rings. The molecule has 1 heterocycles. The number of hydrogen-bond donors (Lipinski definition) is 2. The van der Waals surface area contributed by atoms with E-state index in [0.717, 1.165) is 51.5 Å². The highest BCUT2D eigenvalue weighted by Gasteiger charge is 2.70. The van der Waals surface area contributed by atoms with Crippen molar-refractivity contribution in [1.82, 2.24) is 10.3 Å². The second-order valence-electron chi connectivity index (χ2n) is 22.9. The van der Waals surface area contributed by atoms with Crippen molar-refractivity contribution in [3.63, 3.8) is 0 Å². The molecular weight excluding hydrogens is 787 g/mol. The summed E-state index contributed by atoms with van der Waals surface area (Å²) in [5.41, 5.74) is 4.22. The van der Waals surface area contributed by atoms with Crippen molar-refractivity contribution in [3.8, 4) is 11.9 Å². The lowest BCUT2D eigenvalue weighted by Crippen LogP contribution is -2.68. The number of esters is 1. The standard InChI is InChI=1S/C54H79N3O4S/c1-10-60-47(58)52(35-61-46-38(34-55)12-11-32-56-46)24-15-37(16-25-52)41-20-22-49(6)43(48(41,4)5)21-23-51(8)44(49)14-13-42-45-40(36(2)3)19-28-54(45,30-29-50(42,51)7)57-33-31-53(59)26-17-39(62-9)18-27-53/h11-12,15,20,32,39-40,42-45,57,59H,2,10,13-14,16-19,21-31,33,35H2,1,3-9H3/t39-,40-,42+,43-,44+,45+,49-,50+,51+,52+,53-,54-/m0/s1. The third-order valence-electron chi connectivity index (χ3n) is 20.0. The Morgan fingerprint density at radius 1 is 0.968 bits per heavy atom. The fourth-order valence-electron chi connectivity index (χ4n) is 16.4. The molecule has 1 aromatic heterocycles. The number of aliphatic hydroxyl groups is 1. The van der Waals surface area contributed by atoms with Gasteiger partial charge >= 0.3 is 5.97 Å². The molecule has 0 radical (unpaired) electrons. The van der Waals surface area contributed by atoms with Crippen molar-refractivity contribution in [2.75, 3.05) is 26.0 Å². The number of allylic oxidation sites excluding steroid dienone is 5. The Balaban J connectivity index is 1.01. The molecule has 62 heavy (non-hydrogen) atoms. The van der Waals surface area contributed by atoms with Crippen LogP contribution in [0.15, 0.2) is 53.8 Å². The van der Waals surface area contributed by atoms with Gasteiger partial charge in [0.15, 0.2) is 0 Å². The summed E-state index contributed by atoms with van der Waals surface area (Å²) in [5, 5.41) is 26.3. The molecule has 0 saturated heterocycles. The Labute approximate surface area is 379 Å². The number of nitrogens with zero attached hydrogens (tertiary/aromatic N) is 2. The van der Waals surface area contributed by atoms with Gasteiger partial charge in [-0.15, -0.1) is 0 Å². The van der Waals surface area contributed by atoms with E-state index in [-0.39, 0.29) is 45.7 Å². The van der Waals surface area contributed by atoms with Gasteiger partial charge in [0, 0.05) is 17.0 Å². The third-order valence-corrected chi connectivity index (χ3v) is 21.1. The maximum atomic E-state index is 13.6. The third kappa shape index (κ3) is 7.46. The van der Waals surface area contributed by atoms with Gasteiger partial charge in [-0.05, 0) is 210 Å². The van der Waals surface area contributed by atoms with Crippen LogP contribution in [-0.4, -0.2) is 58.5 Å². The van der Waals surface area contributed by atoms with Crippen LogP contribution in [0.3, 0.4) is 0 Å². The zero-order valence-electron chi connectivity index (χ0n) is 39.7. The van der Waals surface area contributed by atoms with Crippen molar-refractivity contribution in [2.45, 2.75) is 174 Å². The Kier molecular flexibility index (Phi) is 12.6. The summed E-state index contributed by atoms with van der Waals surface area (Å²) in [6.07, 6.45) is 27.1. The van der Waals surface area contributed by atoms with Crippen molar-refractivity contribution < 1.29 is 19.4 Å². The quantitative estimate of drug-likeness (QED) is 0.158. The maximum Gasteiger partial charge on any atom is 0.315 e. The molecule has 5 saturated carbocycles. The van der Waals surface area contributed by atoms with E-state index in [1.54, 1.807) is 18.3 Å². The summed E-state index contributed by atoms with van der Waals surface area (Å²) in [6.45, 7) is 23.4. The molecule has 0 aliphatic heterocycles. The van der Waals surface area contributed by atoms with Crippen LogP contribution in [0.4, 0.5) is 0 Å². The van der Waals surface area contributed by atoms with Gasteiger partial charge in [-0.2, -0.15) is 17.0 Å². The normalized spacial score (nSPS) is 42.1. The molecule has 0 bridgehead atoms. The topological polar surface area (TPSA) is 104 Å². The van der Waals surface area contributed by atoms with Gasteiger partial charge < -0.3 is 19.9 Å². The number of thioether (sulfide) groups is 1. The van der Waals surface area contributed by atoms with Crippen molar-refractivity contribution in [3.05, 3.63) is 59.3 Å². The number of ether oxygens (including phenoxy) is 2. The van der Waals surface area contributed by atoms with E-state index in [9.17, 15) is 15.2 Å². The first-order valence-electron chi connectivity index (χ1n) is 24.7. The van der Waals surface area contributed by atoms with E-state index in [1.807, 2.05) is 18.7 Å². The Bertz CT molecular complexity index is 1980. The van der Waals surface area contributed by atoms with Crippen LogP contribution in [0.2, 0.25) is 0 Å². The summed E-state index contributed by atoms with van der Waals surface area (Å²) in [6, 6.07) is 5.59. The first kappa shape index (κ1) is 45.9. The van der Waals surface area contributed by atoms with Crippen LogP contribution in [0, 0.1) is 68.0 Å². The van der Waals surface area contributed by atoms with Crippen LogP contribution < -0.4 is 10.1 Å². The molecule has 8 heteroatoms. The number of nitriles is 1. The Morgan fingerprint density at radius 3 is 2.42 bits per heavy atom. The SMILES string of the molecule is C=C(C)[C@@H]1CC[C@]2(NCC[C@]3(O)CC[C@H](SC)CC3)CC[C@]3(C)[C@H](CC[C@@H]4[C@@]5(C)CC=C(C6=CC[C@@](COc7ncccc7C#N)(C(=O)OCC)CC6)C(C)(C)[C@@H]5CC[C@]43C)[C@@H]12. The summed E-state index contributed by atoms with van der Waals surface area (Å²) in [4.78, 5) is 17.9. The van der Waals surface area contributed by atoms with Crippen molar-refractivity contribution in [2.24, 2.45) is 56.7 Å². The van der Waals surface area contributed by atoms with Gasteiger partial charge in [0.05, 0.1) is 12.2 Å². The second-order valence-corrected chi connectivity index (χ2v) is 24.1. The highest BCUT2D eigenvalue weighted by atomic mass is 32.2. The molecule has 0 spiro atoms. The smallest absolute Gasteiger partial charge is 0.315 e. The number of pyridine rings is 1. The molecule has 0 unspecified atom stereocenters. The molecule has 2 N–H and O–H groups in total. The fourth-order valence-corrected chi connectivity index (χ4v) is 17.1. The number of carbonyl (C=O) groups is 1. The van der Waals surface area contributed by atoms with E-state index in [2.05, 4.69) is 82.9 Å². The van der Waals surface area contributed by atoms with E-state index < -0.39 is 11.0 Å². The number of hydrogen-bond acceptors (Lipinski definition) is 8. The molecular formula is C54H79N3O4S. The molecule has 7 aliphatic carbocycles. The molecule has 5 fully saturated rings. The van der Waals surface area contributed by atoms with Gasteiger partial charge in [-0.25, -0.2) is 4.98 Å². The number of aromatic nitrogens is 1.